The summed E-state index contributed by atoms with van der Waals surface area (Å²) in [6, 6.07) is 1.67. The molecule has 0 saturated carbocycles. The van der Waals surface area contributed by atoms with Crippen molar-refractivity contribution >= 4 is 23.4 Å². The SMILES string of the molecule is CCn1cc(Cl)cc1C(=O)N1CCNC(=O)CC1. The maximum absolute atomic E-state index is 12.4. The third-order valence-corrected chi connectivity index (χ3v) is 3.23. The lowest BCUT2D eigenvalue weighted by Gasteiger charge is -2.20. The van der Waals surface area contributed by atoms with Crippen LogP contribution in [0.3, 0.4) is 0 Å². The minimum atomic E-state index is -0.0692. The van der Waals surface area contributed by atoms with Crippen molar-refractivity contribution in [3.63, 3.8) is 0 Å². The number of nitrogens with one attached hydrogen (secondary N) is 1. The highest BCUT2D eigenvalue weighted by molar-refractivity contribution is 6.31. The standard InChI is InChI=1S/C12H16ClN3O2/c1-2-15-8-9(13)7-10(15)12(18)16-5-3-11(17)14-4-6-16/h7-8H,2-6H2,1H3,(H,14,17). The number of hydrogen-bond donors (Lipinski definition) is 1. The molecule has 0 bridgehead atoms. The monoisotopic (exact) mass is 269 g/mol. The molecule has 1 saturated heterocycles. The molecule has 1 aliphatic rings. The van der Waals surface area contributed by atoms with Crippen LogP contribution >= 0.6 is 11.6 Å². The molecule has 5 nitrogen and oxygen atoms in total. The van der Waals surface area contributed by atoms with Gasteiger partial charge in [0.2, 0.25) is 5.91 Å². The molecule has 0 atom stereocenters. The minimum absolute atomic E-state index is 0.00536. The van der Waals surface area contributed by atoms with Gasteiger partial charge in [-0.05, 0) is 13.0 Å². The van der Waals surface area contributed by atoms with Gasteiger partial charge >= 0.3 is 0 Å². The minimum Gasteiger partial charge on any atom is -0.354 e. The first kappa shape index (κ1) is 13.0. The van der Waals surface area contributed by atoms with E-state index in [2.05, 4.69) is 5.32 Å². The second-order valence-corrected chi connectivity index (χ2v) is 4.66. The van der Waals surface area contributed by atoms with Gasteiger partial charge < -0.3 is 14.8 Å². The zero-order valence-corrected chi connectivity index (χ0v) is 11.0. The molecule has 0 aliphatic carbocycles. The molecule has 0 radical (unpaired) electrons. The smallest absolute Gasteiger partial charge is 0.270 e. The lowest BCUT2D eigenvalue weighted by Crippen LogP contribution is -2.35. The molecule has 98 valence electrons. The van der Waals surface area contributed by atoms with Crippen LogP contribution < -0.4 is 5.32 Å². The maximum Gasteiger partial charge on any atom is 0.270 e. The Labute approximate surface area is 111 Å². The third kappa shape index (κ3) is 2.67. The van der Waals surface area contributed by atoms with Gasteiger partial charge in [0.1, 0.15) is 5.69 Å². The Balaban J connectivity index is 2.17. The molecule has 2 amide bonds. The largest absolute Gasteiger partial charge is 0.354 e. The number of carbonyl (C=O) groups excluding carboxylic acids is 2. The molecule has 1 N–H and O–H groups in total. The second kappa shape index (κ2) is 5.44. The first-order chi connectivity index (χ1) is 8.61. The topological polar surface area (TPSA) is 54.3 Å². The fourth-order valence-corrected chi connectivity index (χ4v) is 2.27. The van der Waals surface area contributed by atoms with Crippen molar-refractivity contribution in [3.05, 3.63) is 23.0 Å². The Morgan fingerprint density at radius 3 is 3.00 bits per heavy atom. The summed E-state index contributed by atoms with van der Waals surface area (Å²) in [5.41, 5.74) is 0.580. The van der Waals surface area contributed by atoms with Gasteiger partial charge in [0.15, 0.2) is 0 Å². The van der Waals surface area contributed by atoms with E-state index in [-0.39, 0.29) is 11.8 Å². The van der Waals surface area contributed by atoms with E-state index >= 15 is 0 Å². The molecular weight excluding hydrogens is 254 g/mol. The second-order valence-electron chi connectivity index (χ2n) is 4.22. The molecule has 1 aromatic heterocycles. The van der Waals surface area contributed by atoms with Crippen LogP contribution in [0.15, 0.2) is 12.3 Å². The van der Waals surface area contributed by atoms with Gasteiger partial charge in [-0.25, -0.2) is 0 Å². The molecule has 18 heavy (non-hydrogen) atoms. The fraction of sp³-hybridized carbons (Fsp3) is 0.500. The molecule has 2 rings (SSSR count). The van der Waals surface area contributed by atoms with Gasteiger partial charge in [0.25, 0.3) is 5.91 Å². The predicted molar refractivity (Wildman–Crippen MR) is 68.6 cm³/mol. The summed E-state index contributed by atoms with van der Waals surface area (Å²) >= 11 is 5.92. The zero-order valence-electron chi connectivity index (χ0n) is 10.3. The number of carbonyl (C=O) groups is 2. The van der Waals surface area contributed by atoms with Crippen LogP contribution in [-0.4, -0.2) is 40.9 Å². The van der Waals surface area contributed by atoms with Gasteiger partial charge in [-0.15, -0.1) is 0 Å². The molecule has 1 aliphatic heterocycles. The Morgan fingerprint density at radius 1 is 1.50 bits per heavy atom. The average Bonchev–Trinajstić information content (AvgIpc) is 2.59. The Morgan fingerprint density at radius 2 is 2.28 bits per heavy atom. The predicted octanol–water partition coefficient (Wildman–Crippen LogP) is 1.12. The number of nitrogens with zero attached hydrogens (tertiary/aromatic N) is 2. The van der Waals surface area contributed by atoms with E-state index in [1.54, 1.807) is 17.2 Å². The van der Waals surface area contributed by atoms with Crippen LogP contribution in [0.5, 0.6) is 0 Å². The molecule has 1 fully saturated rings. The lowest BCUT2D eigenvalue weighted by molar-refractivity contribution is -0.120. The van der Waals surface area contributed by atoms with E-state index in [1.165, 1.54) is 0 Å². The van der Waals surface area contributed by atoms with Crippen molar-refractivity contribution in [3.8, 4) is 0 Å². The van der Waals surface area contributed by atoms with Gasteiger partial charge in [-0.1, -0.05) is 11.6 Å². The number of hydrogen-bond acceptors (Lipinski definition) is 2. The zero-order chi connectivity index (χ0) is 13.1. The highest BCUT2D eigenvalue weighted by atomic mass is 35.5. The summed E-state index contributed by atoms with van der Waals surface area (Å²) in [7, 11) is 0. The summed E-state index contributed by atoms with van der Waals surface area (Å²) in [5.74, 6) is -0.0746. The van der Waals surface area contributed by atoms with Crippen LogP contribution in [0.1, 0.15) is 23.8 Å². The summed E-state index contributed by atoms with van der Waals surface area (Å²) in [5, 5.41) is 3.31. The van der Waals surface area contributed by atoms with E-state index in [0.29, 0.717) is 43.3 Å². The number of rotatable bonds is 2. The first-order valence-electron chi connectivity index (χ1n) is 6.03. The molecule has 2 heterocycles. The number of aromatic nitrogens is 1. The van der Waals surface area contributed by atoms with Gasteiger partial charge in [0.05, 0.1) is 5.02 Å². The van der Waals surface area contributed by atoms with Crippen molar-refractivity contribution in [1.29, 1.82) is 0 Å². The van der Waals surface area contributed by atoms with Crippen LogP contribution in [-0.2, 0) is 11.3 Å². The molecule has 0 aromatic carbocycles. The Kier molecular flexibility index (Phi) is 3.91. The van der Waals surface area contributed by atoms with Crippen molar-refractivity contribution < 1.29 is 9.59 Å². The van der Waals surface area contributed by atoms with Gasteiger partial charge in [0, 0.05) is 38.8 Å². The van der Waals surface area contributed by atoms with E-state index in [0.717, 1.165) is 0 Å². The quantitative estimate of drug-likeness (QED) is 0.875. The summed E-state index contributed by atoms with van der Waals surface area (Å²) < 4.78 is 1.82. The van der Waals surface area contributed by atoms with E-state index in [1.807, 2.05) is 11.5 Å². The van der Waals surface area contributed by atoms with Crippen molar-refractivity contribution in [2.24, 2.45) is 0 Å². The average molecular weight is 270 g/mol. The Hall–Kier alpha value is -1.49. The van der Waals surface area contributed by atoms with Crippen LogP contribution in [0.4, 0.5) is 0 Å². The van der Waals surface area contributed by atoms with E-state index in [9.17, 15) is 9.59 Å². The third-order valence-electron chi connectivity index (χ3n) is 3.02. The van der Waals surface area contributed by atoms with Gasteiger partial charge in [-0.2, -0.15) is 0 Å². The number of halogens is 1. The molecular formula is C12H16ClN3O2. The highest BCUT2D eigenvalue weighted by Crippen LogP contribution is 2.16. The number of aryl methyl sites for hydroxylation is 1. The highest BCUT2D eigenvalue weighted by Gasteiger charge is 2.22. The van der Waals surface area contributed by atoms with Crippen LogP contribution in [0.25, 0.3) is 0 Å². The van der Waals surface area contributed by atoms with Gasteiger partial charge in [-0.3, -0.25) is 9.59 Å². The summed E-state index contributed by atoms with van der Waals surface area (Å²) in [4.78, 5) is 25.3. The maximum atomic E-state index is 12.4. The summed E-state index contributed by atoms with van der Waals surface area (Å²) in [6.45, 7) is 4.15. The molecule has 6 heteroatoms. The van der Waals surface area contributed by atoms with Crippen LogP contribution in [0, 0.1) is 0 Å². The summed E-state index contributed by atoms with van der Waals surface area (Å²) in [6.07, 6.45) is 2.10. The fourth-order valence-electron chi connectivity index (χ4n) is 2.05. The molecule has 0 spiro atoms. The van der Waals surface area contributed by atoms with Crippen molar-refractivity contribution in [2.45, 2.75) is 19.9 Å². The van der Waals surface area contributed by atoms with Crippen LogP contribution in [0.2, 0.25) is 5.02 Å². The van der Waals surface area contributed by atoms with E-state index in [4.69, 9.17) is 11.6 Å². The lowest BCUT2D eigenvalue weighted by atomic mass is 10.3. The molecule has 0 unspecified atom stereocenters. The first-order valence-corrected chi connectivity index (χ1v) is 6.41. The van der Waals surface area contributed by atoms with Crippen molar-refractivity contribution in [2.75, 3.05) is 19.6 Å². The number of amides is 2. The Bertz CT molecular complexity index is 470. The van der Waals surface area contributed by atoms with Crippen molar-refractivity contribution in [1.82, 2.24) is 14.8 Å². The van der Waals surface area contributed by atoms with E-state index < -0.39 is 0 Å². The molecule has 1 aromatic rings. The normalized spacial score (nSPS) is 16.3.